The number of aryl methyl sites for hydroxylation is 1. The average molecular weight is 589 g/mol. The van der Waals surface area contributed by atoms with Crippen LogP contribution in [-0.2, 0) is 32.0 Å². The molecule has 5 rings (SSSR count). The van der Waals surface area contributed by atoms with Crippen LogP contribution in [0.25, 0.3) is 21.3 Å². The van der Waals surface area contributed by atoms with E-state index >= 15 is 0 Å². The van der Waals surface area contributed by atoms with E-state index in [2.05, 4.69) is 15.2 Å². The van der Waals surface area contributed by atoms with Crippen LogP contribution < -0.4 is 5.14 Å². The zero-order valence-electron chi connectivity index (χ0n) is 19.7. The number of primary sulfonamides is 1. The monoisotopic (exact) mass is 588 g/mol. The van der Waals surface area contributed by atoms with Crippen molar-refractivity contribution in [2.45, 2.75) is 17.4 Å². The number of thiazole rings is 1. The van der Waals surface area contributed by atoms with Gasteiger partial charge in [0.1, 0.15) is 5.01 Å². The second-order valence-corrected chi connectivity index (χ2v) is 13.9. The van der Waals surface area contributed by atoms with Gasteiger partial charge in [-0.2, -0.15) is 0 Å². The van der Waals surface area contributed by atoms with E-state index in [0.717, 1.165) is 15.8 Å². The minimum atomic E-state index is -3.94. The molecule has 2 N–H and O–H groups in total. The van der Waals surface area contributed by atoms with Gasteiger partial charge in [0, 0.05) is 11.4 Å². The second kappa shape index (κ2) is 10.5. The number of aromatic nitrogens is 3. The van der Waals surface area contributed by atoms with Gasteiger partial charge in [-0.1, -0.05) is 60.1 Å². The topological polar surface area (TPSA) is 146 Å². The van der Waals surface area contributed by atoms with Crippen LogP contribution in [0.2, 0.25) is 5.02 Å². The first-order chi connectivity index (χ1) is 18.1. The number of fused-ring (bicyclic) bond motifs is 1. The van der Waals surface area contributed by atoms with Crippen molar-refractivity contribution in [2.24, 2.45) is 5.14 Å². The molecule has 1 unspecified atom stereocenters. The summed E-state index contributed by atoms with van der Waals surface area (Å²) in [7, 11) is -7.70. The molecule has 2 heterocycles. The first kappa shape index (κ1) is 26.4. The van der Waals surface area contributed by atoms with Crippen molar-refractivity contribution >= 4 is 53.0 Å². The average Bonchev–Trinajstić information content (AvgIpc) is 3.49. The summed E-state index contributed by atoms with van der Waals surface area (Å²) >= 11 is 7.36. The van der Waals surface area contributed by atoms with Crippen LogP contribution in [-0.4, -0.2) is 37.8 Å². The number of rotatable bonds is 9. The van der Waals surface area contributed by atoms with Gasteiger partial charge in [-0.05, 0) is 41.0 Å². The number of hydrogen-bond donors (Lipinski definition) is 1. The van der Waals surface area contributed by atoms with Crippen molar-refractivity contribution in [3.63, 3.8) is 0 Å². The van der Waals surface area contributed by atoms with Gasteiger partial charge in [0.2, 0.25) is 21.8 Å². The Bertz CT molecular complexity index is 1820. The molecule has 0 aliphatic carbocycles. The van der Waals surface area contributed by atoms with Gasteiger partial charge in [0.05, 0.1) is 21.7 Å². The predicted octanol–water partition coefficient (Wildman–Crippen LogP) is 4.54. The van der Waals surface area contributed by atoms with Crippen LogP contribution in [0.1, 0.15) is 27.6 Å². The second-order valence-electron chi connectivity index (χ2n) is 8.57. The van der Waals surface area contributed by atoms with E-state index in [1.54, 1.807) is 36.4 Å². The Morgan fingerprint density at radius 1 is 0.921 bits per heavy atom. The summed E-state index contributed by atoms with van der Waals surface area (Å²) in [4.78, 5) is 4.61. The fraction of sp³-hybridized carbons (Fsp3) is 0.160. The fourth-order valence-corrected chi connectivity index (χ4v) is 7.71. The third-order valence-electron chi connectivity index (χ3n) is 5.66. The smallest absolute Gasteiger partial charge is 0.241 e. The molecule has 0 saturated carbocycles. The molecule has 0 aliphatic rings. The molecule has 2 aromatic heterocycles. The number of nitrogens with two attached hydrogens (primary N) is 1. The molecule has 13 heteroatoms. The number of hydrogen-bond acceptors (Lipinski definition) is 9. The van der Waals surface area contributed by atoms with Crippen molar-refractivity contribution in [2.75, 3.05) is 5.75 Å². The van der Waals surface area contributed by atoms with Crippen molar-refractivity contribution < 1.29 is 21.3 Å². The molecular formula is C25H21ClN4O5S3. The Hall–Kier alpha value is -3.16. The highest BCUT2D eigenvalue weighted by molar-refractivity contribution is 7.91. The lowest BCUT2D eigenvalue weighted by Gasteiger charge is -2.12. The van der Waals surface area contributed by atoms with Crippen LogP contribution in [0.4, 0.5) is 0 Å². The van der Waals surface area contributed by atoms with Gasteiger partial charge in [0.25, 0.3) is 0 Å². The highest BCUT2D eigenvalue weighted by Gasteiger charge is 2.37. The van der Waals surface area contributed by atoms with Crippen LogP contribution >= 0.6 is 22.9 Å². The molecule has 0 radical (unpaired) electrons. The summed E-state index contributed by atoms with van der Waals surface area (Å²) < 4.78 is 56.6. The van der Waals surface area contributed by atoms with Crippen molar-refractivity contribution in [1.82, 2.24) is 15.2 Å². The zero-order valence-corrected chi connectivity index (χ0v) is 22.9. The number of sulfonamides is 1. The van der Waals surface area contributed by atoms with E-state index in [4.69, 9.17) is 21.2 Å². The van der Waals surface area contributed by atoms with Gasteiger partial charge in [-0.15, -0.1) is 21.5 Å². The van der Waals surface area contributed by atoms with Gasteiger partial charge in [-0.3, -0.25) is 0 Å². The quantitative estimate of drug-likeness (QED) is 0.264. The van der Waals surface area contributed by atoms with Crippen LogP contribution in [0.15, 0.2) is 77.2 Å². The summed E-state index contributed by atoms with van der Waals surface area (Å²) in [5.41, 5.74) is 3.03. The van der Waals surface area contributed by atoms with Crippen molar-refractivity contribution in [3.8, 4) is 11.1 Å². The van der Waals surface area contributed by atoms with E-state index in [-0.39, 0.29) is 29.0 Å². The van der Waals surface area contributed by atoms with Crippen molar-refractivity contribution in [1.29, 1.82) is 0 Å². The molecule has 196 valence electrons. The fourth-order valence-electron chi connectivity index (χ4n) is 3.91. The lowest BCUT2D eigenvalue weighted by atomic mass is 10.1. The third-order valence-corrected chi connectivity index (χ3v) is 9.78. The molecule has 0 amide bonds. The first-order valence-electron chi connectivity index (χ1n) is 11.3. The van der Waals surface area contributed by atoms with E-state index < -0.39 is 30.9 Å². The molecule has 9 nitrogen and oxygen atoms in total. The van der Waals surface area contributed by atoms with Crippen molar-refractivity contribution in [3.05, 3.63) is 100 Å². The summed E-state index contributed by atoms with van der Waals surface area (Å²) in [6.07, 6.45) is -0.139. The highest BCUT2D eigenvalue weighted by atomic mass is 35.5. The summed E-state index contributed by atoms with van der Waals surface area (Å²) in [6.45, 7) is 0. The largest absolute Gasteiger partial charge is 0.423 e. The van der Waals surface area contributed by atoms with Gasteiger partial charge in [-0.25, -0.2) is 27.0 Å². The molecule has 0 aliphatic heterocycles. The normalized spacial score (nSPS) is 13.1. The molecule has 0 saturated heterocycles. The van der Waals surface area contributed by atoms with E-state index in [1.165, 1.54) is 11.3 Å². The van der Waals surface area contributed by atoms with Gasteiger partial charge < -0.3 is 4.42 Å². The number of sulfone groups is 1. The Kier molecular flexibility index (Phi) is 7.34. The maximum atomic E-state index is 13.7. The maximum absolute atomic E-state index is 13.7. The summed E-state index contributed by atoms with van der Waals surface area (Å²) in [6, 6.07) is 21.8. The van der Waals surface area contributed by atoms with E-state index in [9.17, 15) is 16.8 Å². The Morgan fingerprint density at radius 2 is 1.68 bits per heavy atom. The number of benzene rings is 3. The minimum Gasteiger partial charge on any atom is -0.423 e. The predicted molar refractivity (Wildman–Crippen MR) is 147 cm³/mol. The maximum Gasteiger partial charge on any atom is 0.241 e. The Morgan fingerprint density at radius 3 is 2.42 bits per heavy atom. The molecule has 0 bridgehead atoms. The lowest BCUT2D eigenvalue weighted by molar-refractivity contribution is 0.453. The minimum absolute atomic E-state index is 0.0294. The first-order valence-corrected chi connectivity index (χ1v) is 15.9. The SMILES string of the molecule is NS(=O)(=O)CCc1nnc(C(c2nc3ccc(-c4cccc(Cl)c4)cc3s2)S(=O)(=O)Cc2ccccc2)o1. The summed E-state index contributed by atoms with van der Waals surface area (Å²) in [5.74, 6) is -0.904. The standard InChI is InChI=1S/C25H21ClN4O5S3/c26-19-8-4-7-17(13-19)18-9-10-20-21(14-18)36-25(28-20)23(37(31,32)15-16-5-2-1-3-6-16)24-30-29-22(35-24)11-12-38(27,33)34/h1-10,13-14,23H,11-12,15H2,(H2,27,33,34). The van der Waals surface area contributed by atoms with Crippen LogP contribution in [0.3, 0.4) is 0 Å². The molecule has 38 heavy (non-hydrogen) atoms. The zero-order chi connectivity index (χ0) is 26.9. The number of nitrogens with zero attached hydrogens (tertiary/aromatic N) is 3. The lowest BCUT2D eigenvalue weighted by Crippen LogP contribution is -2.18. The van der Waals surface area contributed by atoms with Crippen LogP contribution in [0.5, 0.6) is 0 Å². The Balaban J connectivity index is 1.56. The molecule has 0 fully saturated rings. The summed E-state index contributed by atoms with van der Waals surface area (Å²) in [5, 5.41) is 12.4. The van der Waals surface area contributed by atoms with Gasteiger partial charge >= 0.3 is 0 Å². The van der Waals surface area contributed by atoms with Gasteiger partial charge in [0.15, 0.2) is 15.1 Å². The Labute approximate surface area is 228 Å². The van der Waals surface area contributed by atoms with E-state index in [1.807, 2.05) is 36.4 Å². The molecule has 5 aromatic rings. The van der Waals surface area contributed by atoms with E-state index in [0.29, 0.717) is 16.1 Å². The third kappa shape index (κ3) is 6.11. The molecule has 0 spiro atoms. The molecular weight excluding hydrogens is 568 g/mol. The number of halogens is 1. The molecule has 1 atom stereocenters. The highest BCUT2D eigenvalue weighted by Crippen LogP contribution is 2.38. The van der Waals surface area contributed by atoms with Crippen LogP contribution in [0, 0.1) is 0 Å². The molecule has 3 aromatic carbocycles.